The summed E-state index contributed by atoms with van der Waals surface area (Å²) < 4.78 is 22.1. The number of anilines is 1. The normalized spacial score (nSPS) is 28.7. The smallest absolute Gasteiger partial charge is 0.231 e. The van der Waals surface area contributed by atoms with Crippen LogP contribution in [-0.2, 0) is 20.9 Å². The van der Waals surface area contributed by atoms with E-state index in [9.17, 15) is 9.59 Å². The van der Waals surface area contributed by atoms with E-state index in [4.69, 9.17) is 18.6 Å². The second-order valence-corrected chi connectivity index (χ2v) is 7.76. The molecule has 3 aliphatic rings. The average Bonchev–Trinajstić information content (AvgIpc) is 3.51. The minimum atomic E-state index is -0.761. The van der Waals surface area contributed by atoms with E-state index in [1.54, 1.807) is 49.6 Å². The standard InChI is InChI=1S/C22H22N2O6/c1-27-15-8-13(9-16(10-15)28-2)23-20(25)18-17-5-6-22(30-17)12-24(21(26)19(18)22)11-14-4-3-7-29-14/h3-10,17-19H,11-12H2,1-2H3,(H,23,25)/t17-,18+,19+,22+/m1/s1. The Balaban J connectivity index is 1.38. The van der Waals surface area contributed by atoms with Crippen LogP contribution in [0.3, 0.4) is 0 Å². The van der Waals surface area contributed by atoms with Crippen molar-refractivity contribution in [2.24, 2.45) is 11.8 Å². The van der Waals surface area contributed by atoms with Gasteiger partial charge in [0.1, 0.15) is 22.9 Å². The van der Waals surface area contributed by atoms with E-state index in [-0.39, 0.29) is 11.8 Å². The summed E-state index contributed by atoms with van der Waals surface area (Å²) >= 11 is 0. The van der Waals surface area contributed by atoms with Crippen LogP contribution in [0.15, 0.2) is 53.2 Å². The van der Waals surface area contributed by atoms with Gasteiger partial charge in [0, 0.05) is 23.9 Å². The molecule has 1 aromatic heterocycles. The highest BCUT2D eigenvalue weighted by Gasteiger charge is 2.66. The Morgan fingerprint density at radius 1 is 1.27 bits per heavy atom. The Kier molecular flexibility index (Phi) is 4.32. The summed E-state index contributed by atoms with van der Waals surface area (Å²) in [6.45, 7) is 0.758. The van der Waals surface area contributed by atoms with Crippen LogP contribution in [0.25, 0.3) is 0 Å². The molecule has 5 rings (SSSR count). The van der Waals surface area contributed by atoms with E-state index in [2.05, 4.69) is 5.32 Å². The molecule has 2 bridgehead atoms. The molecule has 2 aromatic rings. The lowest BCUT2D eigenvalue weighted by Crippen LogP contribution is -2.41. The summed E-state index contributed by atoms with van der Waals surface area (Å²) in [4.78, 5) is 28.1. The molecule has 1 spiro atoms. The summed E-state index contributed by atoms with van der Waals surface area (Å²) in [5.74, 6) is 0.291. The van der Waals surface area contributed by atoms with Crippen LogP contribution in [0.4, 0.5) is 5.69 Å². The zero-order valence-electron chi connectivity index (χ0n) is 16.7. The van der Waals surface area contributed by atoms with Gasteiger partial charge < -0.3 is 28.8 Å². The van der Waals surface area contributed by atoms with Crippen LogP contribution in [-0.4, -0.2) is 49.2 Å². The molecule has 156 valence electrons. The summed E-state index contributed by atoms with van der Waals surface area (Å²) in [6, 6.07) is 8.75. The highest BCUT2D eigenvalue weighted by Crippen LogP contribution is 2.52. The van der Waals surface area contributed by atoms with E-state index in [0.29, 0.717) is 36.0 Å². The third-order valence-electron chi connectivity index (χ3n) is 6.03. The largest absolute Gasteiger partial charge is 0.497 e. The molecule has 2 amide bonds. The molecule has 0 radical (unpaired) electrons. The topological polar surface area (TPSA) is 90.2 Å². The van der Waals surface area contributed by atoms with Crippen molar-refractivity contribution in [3.63, 3.8) is 0 Å². The Labute approximate surface area is 173 Å². The molecule has 2 fully saturated rings. The molecule has 0 aliphatic carbocycles. The Bertz CT molecular complexity index is 994. The first-order valence-corrected chi connectivity index (χ1v) is 9.75. The summed E-state index contributed by atoms with van der Waals surface area (Å²) in [6.07, 6.45) is 4.98. The van der Waals surface area contributed by atoms with E-state index in [1.807, 2.05) is 18.2 Å². The van der Waals surface area contributed by atoms with Gasteiger partial charge in [0.15, 0.2) is 0 Å². The van der Waals surface area contributed by atoms with Gasteiger partial charge in [-0.1, -0.05) is 12.2 Å². The molecular weight excluding hydrogens is 388 g/mol. The molecule has 0 saturated carbocycles. The lowest BCUT2D eigenvalue weighted by molar-refractivity contribution is -0.136. The maximum atomic E-state index is 13.2. The van der Waals surface area contributed by atoms with Gasteiger partial charge in [0.25, 0.3) is 0 Å². The van der Waals surface area contributed by atoms with Gasteiger partial charge in [-0.05, 0) is 12.1 Å². The van der Waals surface area contributed by atoms with E-state index in [0.717, 1.165) is 0 Å². The SMILES string of the molecule is COc1cc(NC(=O)[C@@H]2[C@H]3C(=O)N(Cc4ccco4)C[C@@]34C=C[C@H]2O4)cc(OC)c1. The molecule has 3 aliphatic heterocycles. The van der Waals surface area contributed by atoms with Crippen LogP contribution in [0, 0.1) is 11.8 Å². The number of furan rings is 1. The fraction of sp³-hybridized carbons (Fsp3) is 0.364. The van der Waals surface area contributed by atoms with Crippen molar-refractivity contribution in [3.05, 3.63) is 54.5 Å². The number of hydrogen-bond donors (Lipinski definition) is 1. The number of nitrogens with zero attached hydrogens (tertiary/aromatic N) is 1. The van der Waals surface area contributed by atoms with Gasteiger partial charge in [-0.25, -0.2) is 0 Å². The van der Waals surface area contributed by atoms with Crippen molar-refractivity contribution in [2.45, 2.75) is 18.2 Å². The molecule has 30 heavy (non-hydrogen) atoms. The third kappa shape index (κ3) is 2.87. The van der Waals surface area contributed by atoms with Gasteiger partial charge in [0.2, 0.25) is 11.8 Å². The van der Waals surface area contributed by atoms with E-state index in [1.165, 1.54) is 0 Å². The van der Waals surface area contributed by atoms with Crippen molar-refractivity contribution < 1.29 is 28.2 Å². The quantitative estimate of drug-likeness (QED) is 0.735. The van der Waals surface area contributed by atoms with E-state index < -0.39 is 23.5 Å². The molecule has 1 N–H and O–H groups in total. The van der Waals surface area contributed by atoms with Gasteiger partial charge in [0.05, 0.1) is 51.5 Å². The van der Waals surface area contributed by atoms with Crippen molar-refractivity contribution in [1.82, 2.24) is 4.90 Å². The number of carbonyl (C=O) groups excluding carboxylic acids is 2. The fourth-order valence-electron chi connectivity index (χ4n) is 4.71. The monoisotopic (exact) mass is 410 g/mol. The minimum Gasteiger partial charge on any atom is -0.497 e. The maximum Gasteiger partial charge on any atom is 0.231 e. The predicted molar refractivity (Wildman–Crippen MR) is 106 cm³/mol. The molecule has 4 heterocycles. The Hall–Kier alpha value is -3.26. The molecule has 1 aromatic carbocycles. The van der Waals surface area contributed by atoms with E-state index >= 15 is 0 Å². The molecular formula is C22H22N2O6. The molecule has 8 nitrogen and oxygen atoms in total. The van der Waals surface area contributed by atoms with Gasteiger partial charge in [-0.2, -0.15) is 0 Å². The zero-order chi connectivity index (χ0) is 20.9. The number of hydrogen-bond acceptors (Lipinski definition) is 6. The fourth-order valence-corrected chi connectivity index (χ4v) is 4.71. The van der Waals surface area contributed by atoms with Gasteiger partial charge in [-0.3, -0.25) is 9.59 Å². The number of fused-ring (bicyclic) bond motifs is 1. The number of carbonyl (C=O) groups is 2. The number of ether oxygens (including phenoxy) is 3. The predicted octanol–water partition coefficient (Wildman–Crippen LogP) is 2.22. The van der Waals surface area contributed by atoms with Crippen LogP contribution in [0.2, 0.25) is 0 Å². The Morgan fingerprint density at radius 3 is 2.70 bits per heavy atom. The molecule has 8 heteroatoms. The van der Waals surface area contributed by atoms with Crippen LogP contribution in [0.5, 0.6) is 11.5 Å². The van der Waals surface area contributed by atoms with Crippen LogP contribution >= 0.6 is 0 Å². The van der Waals surface area contributed by atoms with Gasteiger partial charge >= 0.3 is 0 Å². The first kappa shape index (κ1) is 18.7. The summed E-state index contributed by atoms with van der Waals surface area (Å²) in [7, 11) is 3.09. The van der Waals surface area contributed by atoms with Crippen LogP contribution in [0.1, 0.15) is 5.76 Å². The zero-order valence-corrected chi connectivity index (χ0v) is 16.7. The molecule has 4 atom stereocenters. The average molecular weight is 410 g/mol. The second kappa shape index (κ2) is 6.91. The number of likely N-dealkylation sites (tertiary alicyclic amines) is 1. The number of nitrogens with one attached hydrogen (secondary N) is 1. The Morgan fingerprint density at radius 2 is 2.03 bits per heavy atom. The lowest BCUT2D eigenvalue weighted by Gasteiger charge is -2.23. The first-order chi connectivity index (χ1) is 14.5. The van der Waals surface area contributed by atoms with Crippen molar-refractivity contribution in [1.29, 1.82) is 0 Å². The third-order valence-corrected chi connectivity index (χ3v) is 6.03. The first-order valence-electron chi connectivity index (χ1n) is 9.75. The number of methoxy groups -OCH3 is 2. The van der Waals surface area contributed by atoms with Crippen molar-refractivity contribution >= 4 is 17.5 Å². The highest BCUT2D eigenvalue weighted by molar-refractivity contribution is 5.99. The van der Waals surface area contributed by atoms with Gasteiger partial charge in [-0.15, -0.1) is 0 Å². The molecule has 2 saturated heterocycles. The number of benzene rings is 1. The number of rotatable bonds is 6. The van der Waals surface area contributed by atoms with Crippen LogP contribution < -0.4 is 14.8 Å². The maximum absolute atomic E-state index is 13.2. The second-order valence-electron chi connectivity index (χ2n) is 7.76. The summed E-state index contributed by atoms with van der Waals surface area (Å²) in [5, 5.41) is 2.91. The van der Waals surface area contributed by atoms with Crippen molar-refractivity contribution in [2.75, 3.05) is 26.1 Å². The number of amides is 2. The van der Waals surface area contributed by atoms with Crippen molar-refractivity contribution in [3.8, 4) is 11.5 Å². The summed E-state index contributed by atoms with van der Waals surface area (Å²) in [5.41, 5.74) is -0.225. The minimum absolute atomic E-state index is 0.0957. The lowest BCUT2D eigenvalue weighted by atomic mass is 9.77. The highest BCUT2D eigenvalue weighted by atomic mass is 16.5. The molecule has 0 unspecified atom stereocenters.